The largest absolute Gasteiger partial charge is 0.433 e. The van der Waals surface area contributed by atoms with E-state index < -0.39 is 58.7 Å². The molecule has 4 aliphatic rings. The Morgan fingerprint density at radius 2 is 1.69 bits per heavy atom. The maximum atomic E-state index is 13.5. The highest BCUT2D eigenvalue weighted by atomic mass is 19.4. The van der Waals surface area contributed by atoms with Crippen molar-refractivity contribution in [3.63, 3.8) is 0 Å². The number of carbonyl (C=O) groups is 5. The van der Waals surface area contributed by atoms with Crippen LogP contribution in [0.2, 0.25) is 0 Å². The minimum absolute atomic E-state index is 0.0744. The maximum Gasteiger partial charge on any atom is 0.433 e. The lowest BCUT2D eigenvalue weighted by Gasteiger charge is -2.52. The number of hydrogen-bond donors (Lipinski definition) is 4. The number of unbranched alkanes of at least 4 members (excludes halogenated alkanes) is 2. The minimum Gasteiger partial charge on any atom is -0.386 e. The van der Waals surface area contributed by atoms with Gasteiger partial charge in [0.1, 0.15) is 17.4 Å². The predicted molar refractivity (Wildman–Crippen MR) is 218 cm³/mol. The molecule has 3 aliphatic heterocycles. The van der Waals surface area contributed by atoms with Crippen molar-refractivity contribution < 1.29 is 42.3 Å². The topological polar surface area (TPSA) is 179 Å². The summed E-state index contributed by atoms with van der Waals surface area (Å²) < 4.78 is 41.5. The minimum atomic E-state index is -4.70. The van der Waals surface area contributed by atoms with Crippen molar-refractivity contribution in [1.82, 2.24) is 29.9 Å². The Morgan fingerprint density at radius 1 is 0.951 bits per heavy atom. The van der Waals surface area contributed by atoms with Crippen molar-refractivity contribution in [3.8, 4) is 0 Å². The molecule has 8 rings (SSSR count). The quantitative estimate of drug-likeness (QED) is 0.0908. The van der Waals surface area contributed by atoms with Crippen molar-refractivity contribution in [2.24, 2.45) is 11.3 Å². The second-order valence-corrected chi connectivity index (χ2v) is 17.5. The smallest absolute Gasteiger partial charge is 0.386 e. The molecule has 1 aliphatic carbocycles. The number of pyridine rings is 1. The number of piperidine rings is 2. The average molecular weight is 843 g/mol. The Balaban J connectivity index is 0.772. The second kappa shape index (κ2) is 16.3. The van der Waals surface area contributed by atoms with Gasteiger partial charge in [-0.25, -0.2) is 4.98 Å². The van der Waals surface area contributed by atoms with Gasteiger partial charge in [-0.1, -0.05) is 18.6 Å². The molecule has 1 unspecified atom stereocenters. The van der Waals surface area contributed by atoms with Crippen LogP contribution in [-0.4, -0.2) is 91.4 Å². The molecule has 2 saturated heterocycles. The van der Waals surface area contributed by atoms with E-state index in [1.807, 2.05) is 10.9 Å². The number of nitrogens with one attached hydrogen (secondary N) is 3. The number of alkyl halides is 3. The first kappa shape index (κ1) is 42.0. The number of rotatable bonds is 13. The van der Waals surface area contributed by atoms with Crippen LogP contribution in [0.3, 0.4) is 0 Å². The van der Waals surface area contributed by atoms with Gasteiger partial charge < -0.3 is 20.6 Å². The molecule has 3 fully saturated rings. The van der Waals surface area contributed by atoms with Crippen LogP contribution in [0.5, 0.6) is 0 Å². The van der Waals surface area contributed by atoms with E-state index in [4.69, 9.17) is 5.10 Å². The highest BCUT2D eigenvalue weighted by molar-refractivity contribution is 6.25. The molecular weight excluding hydrogens is 794 g/mol. The van der Waals surface area contributed by atoms with Gasteiger partial charge in [0, 0.05) is 48.0 Å². The molecule has 61 heavy (non-hydrogen) atoms. The van der Waals surface area contributed by atoms with Gasteiger partial charge >= 0.3 is 6.18 Å². The Morgan fingerprint density at radius 3 is 2.41 bits per heavy atom. The number of aryl methyl sites for hydroxylation is 1. The highest BCUT2D eigenvalue weighted by Gasteiger charge is 2.47. The summed E-state index contributed by atoms with van der Waals surface area (Å²) in [5, 5.41) is 24.6. The number of halogens is 3. The molecule has 1 spiro atoms. The van der Waals surface area contributed by atoms with Gasteiger partial charge in [-0.15, -0.1) is 0 Å². The SMILES string of the molecule is CC(C)(O)c1cc2nn(CCCCCN3CCC4(CC3)CC(CNc3cccc5c3C(=O)N(C3CCC(=O)NC3=O)C5=O)C4)cc2cc1NC(=O)c1cccc(C(F)(F)F)n1. The van der Waals surface area contributed by atoms with Crippen LogP contribution in [-0.2, 0) is 27.9 Å². The Kier molecular flexibility index (Phi) is 11.2. The molecule has 5 heterocycles. The van der Waals surface area contributed by atoms with Crippen molar-refractivity contribution in [2.45, 2.75) is 96.0 Å². The molecule has 14 nitrogen and oxygen atoms in total. The standard InChI is InChI=1S/C44H49F3N8O6/c1-42(2,61)29-21-32-27(20-33(29)50-38(57)31-10-7-11-35(49-31)44(45,46)47)25-54(52-32)17-5-3-4-16-53-18-14-43(15-19-53)22-26(23-43)24-48-30-9-6-8-28-37(30)41(60)55(40(28)59)34-12-13-36(56)51-39(34)58/h6-11,20-21,25-26,34,48,61H,3-5,12-19,22-24H2,1-2H3,(H,50,57)(H,51,56,58). The molecule has 4 aromatic rings. The zero-order chi connectivity index (χ0) is 43.3. The first-order valence-corrected chi connectivity index (χ1v) is 20.9. The van der Waals surface area contributed by atoms with Crippen LogP contribution in [0, 0.1) is 11.3 Å². The lowest BCUT2D eigenvalue weighted by molar-refractivity contribution is -0.141. The maximum absolute atomic E-state index is 13.5. The Bertz CT molecular complexity index is 2390. The van der Waals surface area contributed by atoms with Gasteiger partial charge in [-0.2, -0.15) is 18.3 Å². The third-order valence-electron chi connectivity index (χ3n) is 12.6. The molecular formula is C44H49F3N8O6. The molecule has 2 aromatic carbocycles. The molecule has 4 N–H and O–H groups in total. The fraction of sp³-hybridized carbons (Fsp3) is 0.477. The van der Waals surface area contributed by atoms with E-state index in [0.29, 0.717) is 46.6 Å². The van der Waals surface area contributed by atoms with Crippen LogP contribution in [0.1, 0.15) is 114 Å². The second-order valence-electron chi connectivity index (χ2n) is 17.5. The normalized spacial score (nSPS) is 19.6. The number of likely N-dealkylation sites (tertiary alicyclic amines) is 1. The summed E-state index contributed by atoms with van der Waals surface area (Å²) in [4.78, 5) is 70.8. The molecule has 1 saturated carbocycles. The molecule has 1 atom stereocenters. The fourth-order valence-electron chi connectivity index (χ4n) is 9.42. The number of anilines is 2. The van der Waals surface area contributed by atoms with Gasteiger partial charge in [-0.05, 0) is 126 Å². The zero-order valence-electron chi connectivity index (χ0n) is 34.1. The molecule has 0 radical (unpaired) electrons. The van der Waals surface area contributed by atoms with Crippen molar-refractivity contribution >= 4 is 51.8 Å². The predicted octanol–water partition coefficient (Wildman–Crippen LogP) is 6.11. The van der Waals surface area contributed by atoms with Crippen LogP contribution in [0.25, 0.3) is 10.9 Å². The summed E-state index contributed by atoms with van der Waals surface area (Å²) in [5.41, 5.74) is -0.206. The van der Waals surface area contributed by atoms with E-state index in [2.05, 4.69) is 25.8 Å². The van der Waals surface area contributed by atoms with E-state index in [9.17, 15) is 42.3 Å². The summed E-state index contributed by atoms with van der Waals surface area (Å²) in [6.45, 7) is 7.60. The molecule has 2 aromatic heterocycles. The van der Waals surface area contributed by atoms with Crippen molar-refractivity contribution in [2.75, 3.05) is 36.8 Å². The van der Waals surface area contributed by atoms with Gasteiger partial charge in [0.15, 0.2) is 0 Å². The Hall–Kier alpha value is -5.68. The van der Waals surface area contributed by atoms with Gasteiger partial charge in [-0.3, -0.25) is 38.9 Å². The van der Waals surface area contributed by atoms with E-state index in [0.717, 1.165) is 81.6 Å². The summed E-state index contributed by atoms with van der Waals surface area (Å²) >= 11 is 0. The number of amides is 5. The van der Waals surface area contributed by atoms with Gasteiger partial charge in [0.25, 0.3) is 17.7 Å². The fourth-order valence-corrected chi connectivity index (χ4v) is 9.42. The molecule has 17 heteroatoms. The highest BCUT2D eigenvalue weighted by Crippen LogP contribution is 2.52. The number of benzene rings is 2. The summed E-state index contributed by atoms with van der Waals surface area (Å²) in [5.74, 6) is -2.42. The lowest BCUT2D eigenvalue weighted by atomic mass is 9.57. The van der Waals surface area contributed by atoms with E-state index in [-0.39, 0.29) is 29.7 Å². The molecule has 322 valence electrons. The van der Waals surface area contributed by atoms with Gasteiger partial charge in [0.2, 0.25) is 11.8 Å². The number of nitrogens with zero attached hydrogens (tertiary/aromatic N) is 5. The number of fused-ring (bicyclic) bond motifs is 2. The Labute approximate surface area is 350 Å². The number of carbonyl (C=O) groups excluding carboxylic acids is 5. The summed E-state index contributed by atoms with van der Waals surface area (Å²) in [6, 6.07) is 10.6. The first-order chi connectivity index (χ1) is 29.0. The number of aromatic nitrogens is 3. The van der Waals surface area contributed by atoms with Crippen LogP contribution in [0.4, 0.5) is 24.5 Å². The lowest BCUT2D eigenvalue weighted by Crippen LogP contribution is -2.54. The van der Waals surface area contributed by atoms with E-state index in [1.165, 1.54) is 6.07 Å². The molecule has 0 bridgehead atoms. The van der Waals surface area contributed by atoms with Crippen molar-refractivity contribution in [1.29, 1.82) is 0 Å². The average Bonchev–Trinajstić information content (AvgIpc) is 3.72. The summed E-state index contributed by atoms with van der Waals surface area (Å²) in [7, 11) is 0. The number of hydrogen-bond acceptors (Lipinski definition) is 10. The summed E-state index contributed by atoms with van der Waals surface area (Å²) in [6.07, 6.45) is 4.81. The van der Waals surface area contributed by atoms with Crippen LogP contribution >= 0.6 is 0 Å². The van der Waals surface area contributed by atoms with Crippen LogP contribution < -0.4 is 16.0 Å². The number of imide groups is 2. The monoisotopic (exact) mass is 842 g/mol. The first-order valence-electron chi connectivity index (χ1n) is 20.9. The van der Waals surface area contributed by atoms with E-state index in [1.54, 1.807) is 44.2 Å². The van der Waals surface area contributed by atoms with Crippen molar-refractivity contribution in [3.05, 3.63) is 82.8 Å². The van der Waals surface area contributed by atoms with Crippen LogP contribution in [0.15, 0.2) is 54.7 Å². The number of aliphatic hydroxyl groups is 1. The zero-order valence-corrected chi connectivity index (χ0v) is 34.1. The third-order valence-corrected chi connectivity index (χ3v) is 12.6. The van der Waals surface area contributed by atoms with E-state index >= 15 is 0 Å². The molecule has 5 amide bonds. The third kappa shape index (κ3) is 8.76. The van der Waals surface area contributed by atoms with Gasteiger partial charge in [0.05, 0.1) is 22.2 Å².